The van der Waals surface area contributed by atoms with Crippen LogP contribution in [0, 0.1) is 0 Å². The Hall–Kier alpha value is -1.53. The standard InChI is InChI=1S/C14H15BrN2O3/c1-8(16)12-7-11(17-20-12)9-5-10(15)14-13(6-9)18-3-2-4-19-14/h5-8H,2-4,16H2,1H3. The van der Waals surface area contributed by atoms with Gasteiger partial charge in [-0.05, 0) is 35.0 Å². The Labute approximate surface area is 125 Å². The quantitative estimate of drug-likeness (QED) is 0.909. The largest absolute Gasteiger partial charge is 0.489 e. The van der Waals surface area contributed by atoms with E-state index in [1.807, 2.05) is 25.1 Å². The average molecular weight is 339 g/mol. The SMILES string of the molecule is CC(N)c1cc(-c2cc(Br)c3c(c2)OCCCO3)no1. The molecule has 2 heterocycles. The van der Waals surface area contributed by atoms with Crippen molar-refractivity contribution in [2.45, 2.75) is 19.4 Å². The number of aromatic nitrogens is 1. The van der Waals surface area contributed by atoms with Gasteiger partial charge in [-0.3, -0.25) is 0 Å². The lowest BCUT2D eigenvalue weighted by atomic mass is 10.1. The number of rotatable bonds is 2. The van der Waals surface area contributed by atoms with E-state index in [9.17, 15) is 0 Å². The summed E-state index contributed by atoms with van der Waals surface area (Å²) in [6.07, 6.45) is 0.870. The Kier molecular flexibility index (Phi) is 3.67. The van der Waals surface area contributed by atoms with Crippen molar-refractivity contribution in [2.24, 2.45) is 5.73 Å². The molecule has 0 aliphatic carbocycles. The Balaban J connectivity index is 2.01. The molecule has 1 aromatic carbocycles. The third-order valence-electron chi connectivity index (χ3n) is 3.08. The molecule has 0 saturated heterocycles. The molecule has 1 atom stereocenters. The fraction of sp³-hybridized carbons (Fsp3) is 0.357. The topological polar surface area (TPSA) is 70.5 Å². The highest BCUT2D eigenvalue weighted by Crippen LogP contribution is 2.40. The molecule has 2 aromatic rings. The van der Waals surface area contributed by atoms with Crippen molar-refractivity contribution in [1.29, 1.82) is 0 Å². The number of ether oxygens (including phenoxy) is 2. The van der Waals surface area contributed by atoms with Gasteiger partial charge < -0.3 is 19.7 Å². The average Bonchev–Trinajstić information content (AvgIpc) is 2.79. The van der Waals surface area contributed by atoms with Gasteiger partial charge in [0.05, 0.1) is 23.7 Å². The minimum Gasteiger partial charge on any atom is -0.489 e. The summed E-state index contributed by atoms with van der Waals surface area (Å²) in [6, 6.07) is 5.51. The van der Waals surface area contributed by atoms with E-state index in [1.165, 1.54) is 0 Å². The smallest absolute Gasteiger partial charge is 0.175 e. The lowest BCUT2D eigenvalue weighted by Crippen LogP contribution is -2.02. The molecule has 106 valence electrons. The molecule has 0 spiro atoms. The van der Waals surface area contributed by atoms with Gasteiger partial charge in [0.2, 0.25) is 0 Å². The van der Waals surface area contributed by atoms with Crippen LogP contribution in [0.25, 0.3) is 11.3 Å². The molecule has 1 aromatic heterocycles. The van der Waals surface area contributed by atoms with Gasteiger partial charge in [0.1, 0.15) is 5.69 Å². The molecule has 0 radical (unpaired) electrons. The molecule has 3 rings (SSSR count). The highest BCUT2D eigenvalue weighted by molar-refractivity contribution is 9.10. The van der Waals surface area contributed by atoms with Gasteiger partial charge in [0, 0.05) is 18.1 Å². The Morgan fingerprint density at radius 1 is 1.25 bits per heavy atom. The molecule has 0 amide bonds. The highest BCUT2D eigenvalue weighted by atomic mass is 79.9. The van der Waals surface area contributed by atoms with Crippen LogP contribution in [0.3, 0.4) is 0 Å². The van der Waals surface area contributed by atoms with Crippen molar-refractivity contribution in [2.75, 3.05) is 13.2 Å². The second kappa shape index (κ2) is 5.46. The van der Waals surface area contributed by atoms with Crippen molar-refractivity contribution >= 4 is 15.9 Å². The van der Waals surface area contributed by atoms with E-state index < -0.39 is 0 Å². The van der Waals surface area contributed by atoms with Crippen LogP contribution < -0.4 is 15.2 Å². The van der Waals surface area contributed by atoms with Crippen LogP contribution in [0.2, 0.25) is 0 Å². The summed E-state index contributed by atoms with van der Waals surface area (Å²) in [4.78, 5) is 0. The highest BCUT2D eigenvalue weighted by Gasteiger charge is 2.18. The summed E-state index contributed by atoms with van der Waals surface area (Å²) in [7, 11) is 0. The number of hydrogen-bond donors (Lipinski definition) is 1. The van der Waals surface area contributed by atoms with Crippen LogP contribution in [-0.2, 0) is 0 Å². The number of nitrogens with zero attached hydrogens (tertiary/aromatic N) is 1. The third-order valence-corrected chi connectivity index (χ3v) is 3.66. The van der Waals surface area contributed by atoms with E-state index in [0.29, 0.717) is 19.0 Å². The first-order chi connectivity index (χ1) is 9.65. The summed E-state index contributed by atoms with van der Waals surface area (Å²) in [5, 5.41) is 4.05. The monoisotopic (exact) mass is 338 g/mol. The molecule has 2 N–H and O–H groups in total. The van der Waals surface area contributed by atoms with E-state index in [0.717, 1.165) is 33.6 Å². The Morgan fingerprint density at radius 3 is 2.80 bits per heavy atom. The minimum absolute atomic E-state index is 0.180. The summed E-state index contributed by atoms with van der Waals surface area (Å²) in [6.45, 7) is 3.16. The second-order valence-electron chi connectivity index (χ2n) is 4.74. The normalized spacial score (nSPS) is 15.8. The molecule has 6 heteroatoms. The maximum atomic E-state index is 5.78. The van der Waals surface area contributed by atoms with Crippen molar-refractivity contribution in [3.8, 4) is 22.8 Å². The number of hydrogen-bond acceptors (Lipinski definition) is 5. The van der Waals surface area contributed by atoms with Gasteiger partial charge in [-0.15, -0.1) is 0 Å². The lowest BCUT2D eigenvalue weighted by Gasteiger charge is -2.10. The first kappa shape index (κ1) is 13.5. The van der Waals surface area contributed by atoms with E-state index in [-0.39, 0.29) is 6.04 Å². The summed E-state index contributed by atoms with van der Waals surface area (Å²) < 4.78 is 17.5. The van der Waals surface area contributed by atoms with Crippen LogP contribution in [0.4, 0.5) is 0 Å². The third kappa shape index (κ3) is 2.53. The van der Waals surface area contributed by atoms with Crippen LogP contribution in [0.5, 0.6) is 11.5 Å². The predicted molar refractivity (Wildman–Crippen MR) is 77.8 cm³/mol. The Bertz CT molecular complexity index is 625. The van der Waals surface area contributed by atoms with Crippen LogP contribution >= 0.6 is 15.9 Å². The number of fused-ring (bicyclic) bond motifs is 1. The lowest BCUT2D eigenvalue weighted by molar-refractivity contribution is 0.296. The number of halogens is 1. The summed E-state index contributed by atoms with van der Waals surface area (Å²) >= 11 is 3.51. The van der Waals surface area contributed by atoms with E-state index in [2.05, 4.69) is 21.1 Å². The van der Waals surface area contributed by atoms with Gasteiger partial charge >= 0.3 is 0 Å². The first-order valence-electron chi connectivity index (χ1n) is 6.47. The van der Waals surface area contributed by atoms with Gasteiger partial charge in [0.25, 0.3) is 0 Å². The van der Waals surface area contributed by atoms with Crippen LogP contribution in [0.15, 0.2) is 27.2 Å². The zero-order valence-corrected chi connectivity index (χ0v) is 12.6. The van der Waals surface area contributed by atoms with Crippen molar-refractivity contribution in [3.63, 3.8) is 0 Å². The molecular weight excluding hydrogens is 324 g/mol. The second-order valence-corrected chi connectivity index (χ2v) is 5.59. The zero-order valence-electron chi connectivity index (χ0n) is 11.1. The number of benzene rings is 1. The molecule has 0 bridgehead atoms. The molecule has 1 unspecified atom stereocenters. The fourth-order valence-corrected chi connectivity index (χ4v) is 2.58. The minimum atomic E-state index is -0.180. The Morgan fingerprint density at radius 2 is 2.05 bits per heavy atom. The van der Waals surface area contributed by atoms with E-state index in [1.54, 1.807) is 0 Å². The maximum Gasteiger partial charge on any atom is 0.175 e. The van der Waals surface area contributed by atoms with Gasteiger partial charge in [-0.2, -0.15) is 0 Å². The van der Waals surface area contributed by atoms with Gasteiger partial charge in [-0.25, -0.2) is 0 Å². The van der Waals surface area contributed by atoms with E-state index in [4.69, 9.17) is 19.7 Å². The summed E-state index contributed by atoms with van der Waals surface area (Å²) in [5.74, 6) is 2.11. The predicted octanol–water partition coefficient (Wildman–Crippen LogP) is 3.29. The van der Waals surface area contributed by atoms with Crippen LogP contribution in [-0.4, -0.2) is 18.4 Å². The van der Waals surface area contributed by atoms with Crippen LogP contribution in [0.1, 0.15) is 25.1 Å². The molecule has 0 saturated carbocycles. The fourth-order valence-electron chi connectivity index (χ4n) is 2.02. The van der Waals surface area contributed by atoms with Gasteiger partial charge in [0.15, 0.2) is 17.3 Å². The molecule has 0 fully saturated rings. The molecule has 1 aliphatic rings. The van der Waals surface area contributed by atoms with Crippen molar-refractivity contribution < 1.29 is 14.0 Å². The first-order valence-corrected chi connectivity index (χ1v) is 7.26. The summed E-state index contributed by atoms with van der Waals surface area (Å²) in [5.41, 5.74) is 7.41. The van der Waals surface area contributed by atoms with E-state index >= 15 is 0 Å². The molecular formula is C14H15BrN2O3. The molecule has 1 aliphatic heterocycles. The number of nitrogens with two attached hydrogens (primary N) is 1. The maximum absolute atomic E-state index is 5.78. The van der Waals surface area contributed by atoms with Crippen molar-refractivity contribution in [1.82, 2.24) is 5.16 Å². The molecule has 20 heavy (non-hydrogen) atoms. The van der Waals surface area contributed by atoms with Gasteiger partial charge in [-0.1, -0.05) is 5.16 Å². The zero-order chi connectivity index (χ0) is 14.1. The molecule has 5 nitrogen and oxygen atoms in total. The van der Waals surface area contributed by atoms with Crippen molar-refractivity contribution in [3.05, 3.63) is 28.4 Å².